The van der Waals surface area contributed by atoms with Gasteiger partial charge in [0.05, 0.1) is 11.2 Å². The molecule has 0 N–H and O–H groups in total. The predicted molar refractivity (Wildman–Crippen MR) is 197 cm³/mol. The second-order valence-electron chi connectivity index (χ2n) is 14.0. The van der Waals surface area contributed by atoms with Crippen molar-refractivity contribution in [3.8, 4) is 21.6 Å². The summed E-state index contributed by atoms with van der Waals surface area (Å²) in [5.74, 6) is 0. The quantitative estimate of drug-likeness (QED) is 0.184. The lowest BCUT2D eigenvalue weighted by Gasteiger charge is -2.52. The molecule has 6 aromatic rings. The van der Waals surface area contributed by atoms with Gasteiger partial charge in [-0.3, -0.25) is 0 Å². The summed E-state index contributed by atoms with van der Waals surface area (Å²) in [6.07, 6.45) is 5.05. The first-order valence-electron chi connectivity index (χ1n) is 16.8. The summed E-state index contributed by atoms with van der Waals surface area (Å²) in [6, 6.07) is 47.6. The van der Waals surface area contributed by atoms with Crippen LogP contribution in [-0.4, -0.2) is 12.3 Å². The van der Waals surface area contributed by atoms with Crippen LogP contribution >= 0.6 is 11.3 Å². The third kappa shape index (κ3) is 3.28. The summed E-state index contributed by atoms with van der Waals surface area (Å²) in [5.41, 5.74) is 15.2. The fourth-order valence-corrected chi connectivity index (χ4v) is 11.0. The Bertz CT molecular complexity index is 2160. The van der Waals surface area contributed by atoms with Gasteiger partial charge in [0.1, 0.15) is 0 Å². The third-order valence-electron chi connectivity index (χ3n) is 11.8. The van der Waals surface area contributed by atoms with E-state index in [1.165, 1.54) is 91.4 Å². The third-order valence-corrected chi connectivity index (χ3v) is 13.1. The molecule has 0 bridgehead atoms. The largest absolute Gasteiger partial charge is 0.335 e. The van der Waals surface area contributed by atoms with Crippen LogP contribution in [0.4, 0.5) is 28.4 Å². The number of anilines is 5. The van der Waals surface area contributed by atoms with E-state index < -0.39 is 0 Å². The maximum Gasteiger partial charge on any atom is 0.264 e. The van der Waals surface area contributed by atoms with Crippen LogP contribution in [0.2, 0.25) is 0 Å². The minimum absolute atomic E-state index is 0.0431. The highest BCUT2D eigenvalue weighted by atomic mass is 32.1. The Morgan fingerprint density at radius 1 is 0.630 bits per heavy atom. The van der Waals surface area contributed by atoms with Crippen molar-refractivity contribution in [3.63, 3.8) is 0 Å². The second-order valence-corrected chi connectivity index (χ2v) is 15.0. The molecule has 0 spiro atoms. The molecule has 5 aromatic carbocycles. The SMILES string of the molecule is CC12CCCCC1(C)N1c3cccc4c3B(c3cccc2c31)c1sc(-c2ccccc2)c(-c2ccccc2)c1N4c1ccccc1. The smallest absolute Gasteiger partial charge is 0.264 e. The van der Waals surface area contributed by atoms with E-state index in [0.717, 1.165) is 0 Å². The van der Waals surface area contributed by atoms with E-state index in [4.69, 9.17) is 0 Å². The van der Waals surface area contributed by atoms with Crippen molar-refractivity contribution in [1.29, 1.82) is 0 Å². The summed E-state index contributed by atoms with van der Waals surface area (Å²) in [4.78, 5) is 6.74. The number of hydrogen-bond donors (Lipinski definition) is 0. The average Bonchev–Trinajstić information content (AvgIpc) is 3.60. The first-order chi connectivity index (χ1) is 22.6. The molecule has 2 unspecified atom stereocenters. The molecule has 10 rings (SSSR count). The normalized spacial score (nSPS) is 21.8. The molecule has 46 heavy (non-hydrogen) atoms. The van der Waals surface area contributed by atoms with Gasteiger partial charge in [0, 0.05) is 43.4 Å². The van der Waals surface area contributed by atoms with Gasteiger partial charge in [0.25, 0.3) is 6.71 Å². The number of para-hydroxylation sites is 2. The minimum atomic E-state index is 0.0431. The molecule has 222 valence electrons. The van der Waals surface area contributed by atoms with E-state index in [1.807, 2.05) is 11.3 Å². The van der Waals surface area contributed by atoms with Gasteiger partial charge in [0.2, 0.25) is 0 Å². The average molecular weight is 611 g/mol. The van der Waals surface area contributed by atoms with Gasteiger partial charge in [-0.25, -0.2) is 0 Å². The first kappa shape index (κ1) is 26.7. The highest BCUT2D eigenvalue weighted by molar-refractivity contribution is 7.31. The maximum absolute atomic E-state index is 2.81. The van der Waals surface area contributed by atoms with Crippen LogP contribution in [0.3, 0.4) is 0 Å². The van der Waals surface area contributed by atoms with Gasteiger partial charge >= 0.3 is 0 Å². The Kier molecular flexibility index (Phi) is 5.50. The van der Waals surface area contributed by atoms with Gasteiger partial charge in [-0.05, 0) is 71.6 Å². The summed E-state index contributed by atoms with van der Waals surface area (Å²) in [7, 11) is 0. The molecule has 1 aromatic heterocycles. The van der Waals surface area contributed by atoms with Crippen LogP contribution in [0, 0.1) is 0 Å². The summed E-state index contributed by atoms with van der Waals surface area (Å²) < 4.78 is 1.44. The molecule has 1 aliphatic carbocycles. The lowest BCUT2D eigenvalue weighted by molar-refractivity contribution is 0.195. The topological polar surface area (TPSA) is 6.48 Å². The van der Waals surface area contributed by atoms with Gasteiger partial charge in [-0.2, -0.15) is 0 Å². The summed E-state index contributed by atoms with van der Waals surface area (Å²) in [5, 5.41) is 0. The fourth-order valence-electron chi connectivity index (χ4n) is 9.54. The second kappa shape index (κ2) is 9.50. The Morgan fingerprint density at radius 3 is 2.04 bits per heavy atom. The zero-order valence-corrected chi connectivity index (χ0v) is 27.1. The van der Waals surface area contributed by atoms with Crippen molar-refractivity contribution in [3.05, 3.63) is 133 Å². The predicted octanol–water partition coefficient (Wildman–Crippen LogP) is 9.44. The molecule has 2 nitrogen and oxygen atoms in total. The zero-order chi connectivity index (χ0) is 30.6. The van der Waals surface area contributed by atoms with Crippen LogP contribution in [0.25, 0.3) is 21.6 Å². The molecule has 0 radical (unpaired) electrons. The van der Waals surface area contributed by atoms with E-state index in [9.17, 15) is 0 Å². The number of nitrogens with zero attached hydrogens (tertiary/aromatic N) is 2. The number of thiophene rings is 1. The monoisotopic (exact) mass is 610 g/mol. The molecule has 1 fully saturated rings. The number of benzene rings is 5. The summed E-state index contributed by atoms with van der Waals surface area (Å²) >= 11 is 2.00. The van der Waals surface area contributed by atoms with Crippen LogP contribution in [0.5, 0.6) is 0 Å². The Hall–Kier alpha value is -4.54. The minimum Gasteiger partial charge on any atom is -0.335 e. The van der Waals surface area contributed by atoms with Crippen molar-refractivity contribution in [2.75, 3.05) is 9.80 Å². The molecular formula is C42H35BN2S. The Balaban J connectivity index is 1.35. The van der Waals surface area contributed by atoms with E-state index >= 15 is 0 Å². The highest BCUT2D eigenvalue weighted by Crippen LogP contribution is 2.62. The van der Waals surface area contributed by atoms with Crippen LogP contribution in [0.15, 0.2) is 127 Å². The number of hydrogen-bond acceptors (Lipinski definition) is 3. The Labute approximate surface area is 276 Å². The van der Waals surface area contributed by atoms with E-state index in [-0.39, 0.29) is 17.7 Å². The maximum atomic E-state index is 2.81. The molecule has 4 heterocycles. The molecule has 2 atom stereocenters. The van der Waals surface area contributed by atoms with Crippen molar-refractivity contribution < 1.29 is 0 Å². The fraction of sp³-hybridized carbons (Fsp3) is 0.190. The molecule has 1 saturated carbocycles. The lowest BCUT2D eigenvalue weighted by atomic mass is 9.36. The lowest BCUT2D eigenvalue weighted by Crippen LogP contribution is -2.64. The van der Waals surface area contributed by atoms with Crippen molar-refractivity contribution in [2.45, 2.75) is 50.5 Å². The molecule has 4 aliphatic rings. The van der Waals surface area contributed by atoms with Crippen LogP contribution in [-0.2, 0) is 5.41 Å². The van der Waals surface area contributed by atoms with E-state index in [2.05, 4.69) is 151 Å². The molecular weight excluding hydrogens is 575 g/mol. The molecule has 3 aliphatic heterocycles. The number of rotatable bonds is 3. The van der Waals surface area contributed by atoms with Crippen molar-refractivity contribution in [2.24, 2.45) is 0 Å². The van der Waals surface area contributed by atoms with Gasteiger partial charge < -0.3 is 9.80 Å². The van der Waals surface area contributed by atoms with E-state index in [1.54, 1.807) is 5.56 Å². The van der Waals surface area contributed by atoms with Crippen LogP contribution in [0.1, 0.15) is 45.1 Å². The van der Waals surface area contributed by atoms with Gasteiger partial charge in [-0.1, -0.05) is 123 Å². The Morgan fingerprint density at radius 2 is 1.28 bits per heavy atom. The molecule has 4 heteroatoms. The highest BCUT2D eigenvalue weighted by Gasteiger charge is 2.61. The first-order valence-corrected chi connectivity index (χ1v) is 17.6. The van der Waals surface area contributed by atoms with Crippen molar-refractivity contribution in [1.82, 2.24) is 0 Å². The van der Waals surface area contributed by atoms with E-state index in [0.29, 0.717) is 0 Å². The number of fused-ring (bicyclic) bond motifs is 7. The summed E-state index contributed by atoms with van der Waals surface area (Å²) in [6.45, 7) is 5.29. The van der Waals surface area contributed by atoms with Crippen molar-refractivity contribution >= 4 is 62.2 Å². The standard InChI is InChI=1S/C42H35BN2S/c1-41-26-12-13-27-42(41,2)45-34-25-15-24-33-36(34)43(32-23-14-22-31(41)37(32)45)40-38(44(33)30-20-10-5-11-21-30)35(28-16-6-3-7-17-28)39(46-40)29-18-8-4-9-19-29/h3-11,14-25H,12-13,26-27H2,1-2H3. The zero-order valence-electron chi connectivity index (χ0n) is 26.3. The van der Waals surface area contributed by atoms with Crippen LogP contribution < -0.4 is 25.5 Å². The molecule has 0 saturated heterocycles. The molecule has 0 amide bonds. The van der Waals surface area contributed by atoms with Gasteiger partial charge in [0.15, 0.2) is 0 Å². The van der Waals surface area contributed by atoms with Gasteiger partial charge in [-0.15, -0.1) is 11.3 Å².